The molecule has 0 bridgehead atoms. The minimum Gasteiger partial charge on any atom is -0.395 e. The van der Waals surface area contributed by atoms with Crippen molar-refractivity contribution in [2.45, 2.75) is 6.04 Å². The average Bonchev–Trinajstić information content (AvgIpc) is 1.89. The van der Waals surface area contributed by atoms with Crippen LogP contribution in [0, 0.1) is 0 Å². The summed E-state index contributed by atoms with van der Waals surface area (Å²) in [5.41, 5.74) is 0. The Balaban J connectivity index is 2.30. The molecule has 0 aliphatic carbocycles. The van der Waals surface area contributed by atoms with Crippen molar-refractivity contribution in [3.8, 4) is 0 Å². The lowest BCUT2D eigenvalue weighted by molar-refractivity contribution is -0.0148. The summed E-state index contributed by atoms with van der Waals surface area (Å²) < 4.78 is 5.14. The van der Waals surface area contributed by atoms with E-state index in [2.05, 4.69) is 4.90 Å². The third kappa shape index (κ3) is 1.64. The maximum absolute atomic E-state index is 8.74. The Morgan fingerprint density at radius 2 is 2.56 bits per heavy atom. The zero-order valence-electron chi connectivity index (χ0n) is 5.71. The van der Waals surface area contributed by atoms with Gasteiger partial charge in [0.2, 0.25) is 0 Å². The van der Waals surface area contributed by atoms with Crippen LogP contribution in [0.4, 0.5) is 0 Å². The molecule has 0 aromatic carbocycles. The molecule has 1 aliphatic heterocycles. The summed E-state index contributed by atoms with van der Waals surface area (Å²) in [6.07, 6.45) is 0. The number of ether oxygens (including phenoxy) is 1. The van der Waals surface area contributed by atoms with Gasteiger partial charge in [0, 0.05) is 6.54 Å². The minimum atomic E-state index is 0.205. The van der Waals surface area contributed by atoms with Gasteiger partial charge in [-0.2, -0.15) is 0 Å². The van der Waals surface area contributed by atoms with Crippen LogP contribution in [0.1, 0.15) is 0 Å². The second kappa shape index (κ2) is 3.15. The van der Waals surface area contributed by atoms with E-state index in [0.29, 0.717) is 6.61 Å². The minimum absolute atomic E-state index is 0.205. The molecule has 0 aromatic rings. The lowest BCUT2D eigenvalue weighted by atomic mass is 10.3. The van der Waals surface area contributed by atoms with Gasteiger partial charge in [0.1, 0.15) is 0 Å². The molecule has 1 atom stereocenters. The van der Waals surface area contributed by atoms with E-state index in [1.54, 1.807) is 0 Å². The first-order valence-corrected chi connectivity index (χ1v) is 3.23. The van der Waals surface area contributed by atoms with Gasteiger partial charge in [-0.3, -0.25) is 4.90 Å². The second-order valence-electron chi connectivity index (χ2n) is 2.39. The van der Waals surface area contributed by atoms with Crippen LogP contribution >= 0.6 is 0 Å². The van der Waals surface area contributed by atoms with Crippen molar-refractivity contribution >= 4 is 0 Å². The molecular weight excluding hydrogens is 118 g/mol. The van der Waals surface area contributed by atoms with Gasteiger partial charge >= 0.3 is 0 Å². The molecule has 1 saturated heterocycles. The van der Waals surface area contributed by atoms with E-state index in [1.165, 1.54) is 0 Å². The van der Waals surface area contributed by atoms with E-state index in [9.17, 15) is 0 Å². The van der Waals surface area contributed by atoms with Gasteiger partial charge in [-0.15, -0.1) is 0 Å². The third-order valence-corrected chi connectivity index (χ3v) is 1.73. The topological polar surface area (TPSA) is 32.7 Å². The molecule has 9 heavy (non-hydrogen) atoms. The molecule has 1 fully saturated rings. The van der Waals surface area contributed by atoms with Crippen LogP contribution < -0.4 is 0 Å². The average molecular weight is 131 g/mol. The maximum Gasteiger partial charge on any atom is 0.0644 e. The van der Waals surface area contributed by atoms with Crippen molar-refractivity contribution in [3.63, 3.8) is 0 Å². The summed E-state index contributed by atoms with van der Waals surface area (Å²) >= 11 is 0. The summed E-state index contributed by atoms with van der Waals surface area (Å²) in [4.78, 5) is 2.11. The van der Waals surface area contributed by atoms with Gasteiger partial charge in [0.05, 0.1) is 25.9 Å². The monoisotopic (exact) mass is 131 g/mol. The highest BCUT2D eigenvalue weighted by atomic mass is 16.5. The van der Waals surface area contributed by atoms with E-state index in [1.807, 2.05) is 7.05 Å². The largest absolute Gasteiger partial charge is 0.395 e. The van der Waals surface area contributed by atoms with Gasteiger partial charge in [0.25, 0.3) is 0 Å². The third-order valence-electron chi connectivity index (χ3n) is 1.73. The fourth-order valence-corrected chi connectivity index (χ4v) is 0.930. The van der Waals surface area contributed by atoms with Gasteiger partial charge in [-0.25, -0.2) is 0 Å². The fraction of sp³-hybridized carbons (Fsp3) is 1.00. The second-order valence-corrected chi connectivity index (χ2v) is 2.39. The first kappa shape index (κ1) is 6.99. The molecule has 0 spiro atoms. The molecule has 0 unspecified atom stereocenters. The lowest BCUT2D eigenvalue weighted by Gasteiger charge is -2.30. The molecule has 1 N–H and O–H groups in total. The van der Waals surface area contributed by atoms with Gasteiger partial charge in [-0.1, -0.05) is 0 Å². The number of likely N-dealkylation sites (N-methyl/N-ethyl adjacent to an activating group) is 1. The van der Waals surface area contributed by atoms with E-state index in [0.717, 1.165) is 13.2 Å². The zero-order chi connectivity index (χ0) is 6.69. The summed E-state index contributed by atoms with van der Waals surface area (Å²) in [5.74, 6) is 0. The van der Waals surface area contributed by atoms with Crippen LogP contribution in [0.25, 0.3) is 0 Å². The Kier molecular flexibility index (Phi) is 2.45. The van der Waals surface area contributed by atoms with Crippen LogP contribution in [0.3, 0.4) is 0 Å². The first-order valence-electron chi connectivity index (χ1n) is 3.23. The maximum atomic E-state index is 8.74. The summed E-state index contributed by atoms with van der Waals surface area (Å²) in [7, 11) is 2.00. The van der Waals surface area contributed by atoms with E-state index < -0.39 is 0 Å². The SMILES string of the molecule is CN1CCOC[C@H]1CO. The molecule has 0 saturated carbocycles. The van der Waals surface area contributed by atoms with E-state index in [-0.39, 0.29) is 12.6 Å². The predicted molar refractivity (Wildman–Crippen MR) is 34.3 cm³/mol. The van der Waals surface area contributed by atoms with Crippen molar-refractivity contribution in [2.24, 2.45) is 0 Å². The van der Waals surface area contributed by atoms with Crippen molar-refractivity contribution in [3.05, 3.63) is 0 Å². The Bertz CT molecular complexity index is 87.1. The van der Waals surface area contributed by atoms with Crippen LogP contribution in [-0.2, 0) is 4.74 Å². The van der Waals surface area contributed by atoms with Crippen molar-refractivity contribution in [2.75, 3.05) is 33.4 Å². The summed E-state index contributed by atoms with van der Waals surface area (Å²) in [6.45, 7) is 2.61. The molecule has 54 valence electrons. The number of nitrogens with zero attached hydrogens (tertiary/aromatic N) is 1. The molecule has 1 aliphatic rings. The molecule has 1 heterocycles. The van der Waals surface area contributed by atoms with Crippen LogP contribution in [0.5, 0.6) is 0 Å². The Morgan fingerprint density at radius 3 is 3.00 bits per heavy atom. The van der Waals surface area contributed by atoms with Gasteiger partial charge in [-0.05, 0) is 7.05 Å². The number of hydrogen-bond acceptors (Lipinski definition) is 3. The van der Waals surface area contributed by atoms with E-state index in [4.69, 9.17) is 9.84 Å². The zero-order valence-corrected chi connectivity index (χ0v) is 5.71. The molecule has 0 amide bonds. The molecule has 0 radical (unpaired) electrons. The normalized spacial score (nSPS) is 30.7. The number of rotatable bonds is 1. The van der Waals surface area contributed by atoms with Crippen LogP contribution in [0.2, 0.25) is 0 Å². The van der Waals surface area contributed by atoms with Crippen molar-refractivity contribution in [1.82, 2.24) is 4.90 Å². The van der Waals surface area contributed by atoms with Crippen molar-refractivity contribution in [1.29, 1.82) is 0 Å². The molecular formula is C6H13NO2. The smallest absolute Gasteiger partial charge is 0.0644 e. The van der Waals surface area contributed by atoms with Crippen LogP contribution in [0.15, 0.2) is 0 Å². The number of morpholine rings is 1. The van der Waals surface area contributed by atoms with Crippen molar-refractivity contribution < 1.29 is 9.84 Å². The molecule has 3 heteroatoms. The Hall–Kier alpha value is -0.120. The summed E-state index contributed by atoms with van der Waals surface area (Å²) in [5, 5.41) is 8.74. The highest BCUT2D eigenvalue weighted by Crippen LogP contribution is 2.01. The number of aliphatic hydroxyl groups is 1. The highest BCUT2D eigenvalue weighted by Gasteiger charge is 2.17. The first-order chi connectivity index (χ1) is 4.34. The Morgan fingerprint density at radius 1 is 1.78 bits per heavy atom. The van der Waals surface area contributed by atoms with E-state index >= 15 is 0 Å². The molecule has 3 nitrogen and oxygen atoms in total. The summed E-state index contributed by atoms with van der Waals surface area (Å²) in [6, 6.07) is 0.221. The number of aliphatic hydroxyl groups excluding tert-OH is 1. The quantitative estimate of drug-likeness (QED) is 0.511. The highest BCUT2D eigenvalue weighted by molar-refractivity contribution is 4.70. The van der Waals surface area contributed by atoms with Gasteiger partial charge in [0.15, 0.2) is 0 Å². The lowest BCUT2D eigenvalue weighted by Crippen LogP contribution is -2.44. The molecule has 1 rings (SSSR count). The standard InChI is InChI=1S/C6H13NO2/c1-7-2-3-9-5-6(7)4-8/h6,8H,2-5H2,1H3/t6-/m1/s1. The predicted octanol–water partition coefficient (Wildman–Crippen LogP) is -0.691. The van der Waals surface area contributed by atoms with Crippen LogP contribution in [-0.4, -0.2) is 49.5 Å². The number of hydrogen-bond donors (Lipinski definition) is 1. The molecule has 0 aromatic heterocycles. The van der Waals surface area contributed by atoms with Gasteiger partial charge < -0.3 is 9.84 Å². The fourth-order valence-electron chi connectivity index (χ4n) is 0.930. The Labute approximate surface area is 55.2 Å².